The van der Waals surface area contributed by atoms with Crippen LogP contribution in [0.4, 0.5) is 17.5 Å². The van der Waals surface area contributed by atoms with Crippen molar-refractivity contribution in [1.82, 2.24) is 15.0 Å². The molecule has 0 atom stereocenters. The van der Waals surface area contributed by atoms with Crippen molar-refractivity contribution in [1.29, 1.82) is 5.26 Å². The van der Waals surface area contributed by atoms with Crippen molar-refractivity contribution in [2.45, 2.75) is 6.54 Å². The molecule has 3 aromatic rings. The molecule has 6 heteroatoms. The van der Waals surface area contributed by atoms with Crippen molar-refractivity contribution in [3.63, 3.8) is 0 Å². The summed E-state index contributed by atoms with van der Waals surface area (Å²) in [7, 11) is 0. The number of anilines is 3. The van der Waals surface area contributed by atoms with Crippen molar-refractivity contribution in [2.24, 2.45) is 0 Å². The number of nitrogens with one attached hydrogen (secondary N) is 2. The third-order valence-corrected chi connectivity index (χ3v) is 3.17. The zero-order chi connectivity index (χ0) is 15.9. The molecular weight excluding hydrogens is 288 g/mol. The number of hydrogen-bond acceptors (Lipinski definition) is 6. The van der Waals surface area contributed by atoms with Crippen LogP contribution in [0.3, 0.4) is 0 Å². The number of benzene rings is 1. The van der Waals surface area contributed by atoms with E-state index in [0.717, 1.165) is 5.56 Å². The highest BCUT2D eigenvalue weighted by molar-refractivity contribution is 5.64. The van der Waals surface area contributed by atoms with Gasteiger partial charge >= 0.3 is 0 Å². The van der Waals surface area contributed by atoms with Crippen LogP contribution < -0.4 is 10.6 Å². The Morgan fingerprint density at radius 1 is 1.00 bits per heavy atom. The smallest absolute Gasteiger partial charge is 0.224 e. The lowest BCUT2D eigenvalue weighted by atomic mass is 10.2. The summed E-state index contributed by atoms with van der Waals surface area (Å²) < 4.78 is 0. The molecule has 0 saturated heterocycles. The summed E-state index contributed by atoms with van der Waals surface area (Å²) in [5, 5.41) is 15.4. The fraction of sp³-hybridized carbons (Fsp3) is 0.0588. The Balaban J connectivity index is 1.71. The third-order valence-electron chi connectivity index (χ3n) is 3.17. The van der Waals surface area contributed by atoms with E-state index in [1.54, 1.807) is 30.7 Å². The van der Waals surface area contributed by atoms with E-state index < -0.39 is 0 Å². The summed E-state index contributed by atoms with van der Waals surface area (Å²) in [6.07, 6.45) is 5.16. The normalized spacial score (nSPS) is 9.87. The van der Waals surface area contributed by atoms with Gasteiger partial charge in [0, 0.05) is 25.1 Å². The van der Waals surface area contributed by atoms with E-state index >= 15 is 0 Å². The predicted octanol–water partition coefficient (Wildman–Crippen LogP) is 3.10. The number of hydrogen-bond donors (Lipinski definition) is 2. The van der Waals surface area contributed by atoms with Gasteiger partial charge in [-0.1, -0.05) is 12.1 Å². The Hall–Kier alpha value is -3.46. The molecule has 2 heterocycles. The Bertz CT molecular complexity index is 826. The second-order valence-electron chi connectivity index (χ2n) is 4.76. The van der Waals surface area contributed by atoms with Crippen LogP contribution in [-0.2, 0) is 6.54 Å². The van der Waals surface area contributed by atoms with Crippen molar-refractivity contribution in [3.05, 3.63) is 72.2 Å². The first kappa shape index (κ1) is 14.5. The predicted molar refractivity (Wildman–Crippen MR) is 88.0 cm³/mol. The number of para-hydroxylation sites is 1. The maximum absolute atomic E-state index is 9.12. The van der Waals surface area contributed by atoms with Gasteiger partial charge in [0.25, 0.3) is 0 Å². The summed E-state index contributed by atoms with van der Waals surface area (Å²) in [5.74, 6) is 1.14. The molecule has 0 aliphatic carbocycles. The third kappa shape index (κ3) is 3.80. The van der Waals surface area contributed by atoms with Gasteiger partial charge in [-0.25, -0.2) is 4.98 Å². The molecule has 23 heavy (non-hydrogen) atoms. The molecule has 0 fully saturated rings. The molecule has 6 nitrogen and oxygen atoms in total. The fourth-order valence-corrected chi connectivity index (χ4v) is 2.02. The van der Waals surface area contributed by atoms with Crippen LogP contribution in [0, 0.1) is 11.3 Å². The van der Waals surface area contributed by atoms with Crippen LogP contribution in [0.15, 0.2) is 61.1 Å². The zero-order valence-electron chi connectivity index (χ0n) is 12.3. The molecule has 2 N–H and O–H groups in total. The minimum absolute atomic E-state index is 0.515. The van der Waals surface area contributed by atoms with E-state index in [9.17, 15) is 0 Å². The topological polar surface area (TPSA) is 86.5 Å². The van der Waals surface area contributed by atoms with Crippen molar-refractivity contribution in [2.75, 3.05) is 10.6 Å². The molecule has 0 spiro atoms. The average molecular weight is 302 g/mol. The van der Waals surface area contributed by atoms with Gasteiger partial charge in [0.1, 0.15) is 11.9 Å². The van der Waals surface area contributed by atoms with Crippen LogP contribution in [0.25, 0.3) is 0 Å². The lowest BCUT2D eigenvalue weighted by molar-refractivity contribution is 1.05. The van der Waals surface area contributed by atoms with Crippen LogP contribution in [0.2, 0.25) is 0 Å². The summed E-state index contributed by atoms with van der Waals surface area (Å²) in [5.41, 5.74) is 2.38. The SMILES string of the molecule is N#Cc1ccccc1Nc1ccnc(NCc2ccncc2)n1. The minimum atomic E-state index is 0.515. The Morgan fingerprint density at radius 2 is 1.83 bits per heavy atom. The summed E-state index contributed by atoms with van der Waals surface area (Å²) in [4.78, 5) is 12.6. The van der Waals surface area contributed by atoms with E-state index in [1.165, 1.54) is 0 Å². The molecule has 0 unspecified atom stereocenters. The zero-order valence-corrected chi connectivity index (χ0v) is 12.3. The number of pyridine rings is 1. The molecule has 3 rings (SSSR count). The van der Waals surface area contributed by atoms with Gasteiger partial charge in [-0.05, 0) is 35.9 Å². The first-order valence-corrected chi connectivity index (χ1v) is 7.07. The molecule has 0 aliphatic rings. The van der Waals surface area contributed by atoms with Crippen molar-refractivity contribution in [3.8, 4) is 6.07 Å². The van der Waals surface area contributed by atoms with Crippen molar-refractivity contribution < 1.29 is 0 Å². The van der Waals surface area contributed by atoms with Crippen LogP contribution >= 0.6 is 0 Å². The largest absolute Gasteiger partial charge is 0.350 e. The van der Waals surface area contributed by atoms with E-state index in [0.29, 0.717) is 29.6 Å². The maximum atomic E-state index is 9.12. The Kier molecular flexibility index (Phi) is 4.41. The maximum Gasteiger partial charge on any atom is 0.224 e. The van der Waals surface area contributed by atoms with Gasteiger partial charge in [-0.3, -0.25) is 4.98 Å². The molecule has 0 aliphatic heterocycles. The van der Waals surface area contributed by atoms with Gasteiger partial charge in [0.05, 0.1) is 11.3 Å². The summed E-state index contributed by atoms with van der Waals surface area (Å²) in [6.45, 7) is 0.612. The minimum Gasteiger partial charge on any atom is -0.350 e. The second kappa shape index (κ2) is 7.00. The molecule has 0 radical (unpaired) electrons. The highest BCUT2D eigenvalue weighted by Gasteiger charge is 2.03. The van der Waals surface area contributed by atoms with Crippen molar-refractivity contribution >= 4 is 17.5 Å². The Morgan fingerprint density at radius 3 is 2.65 bits per heavy atom. The molecule has 0 amide bonds. The van der Waals surface area contributed by atoms with Crippen LogP contribution in [0.1, 0.15) is 11.1 Å². The van der Waals surface area contributed by atoms with Gasteiger partial charge in [0.15, 0.2) is 0 Å². The summed E-state index contributed by atoms with van der Waals surface area (Å²) >= 11 is 0. The van der Waals surface area contributed by atoms with Gasteiger partial charge in [-0.15, -0.1) is 0 Å². The first-order chi connectivity index (χ1) is 11.3. The second-order valence-corrected chi connectivity index (χ2v) is 4.76. The average Bonchev–Trinajstić information content (AvgIpc) is 2.62. The molecule has 2 aromatic heterocycles. The number of nitriles is 1. The lowest BCUT2D eigenvalue weighted by Crippen LogP contribution is -2.05. The molecule has 0 bridgehead atoms. The number of nitrogens with zero attached hydrogens (tertiary/aromatic N) is 4. The fourth-order valence-electron chi connectivity index (χ4n) is 2.02. The number of rotatable bonds is 5. The summed E-state index contributed by atoms with van der Waals surface area (Å²) in [6, 6.07) is 15.0. The molecular formula is C17H14N6. The van der Waals surface area contributed by atoms with Gasteiger partial charge < -0.3 is 10.6 Å². The first-order valence-electron chi connectivity index (χ1n) is 7.07. The molecule has 0 saturated carbocycles. The highest BCUT2D eigenvalue weighted by atomic mass is 15.1. The van der Waals surface area contributed by atoms with E-state index in [-0.39, 0.29) is 0 Å². The Labute approximate surface area is 133 Å². The molecule has 112 valence electrons. The van der Waals surface area contributed by atoms with Crippen LogP contribution in [-0.4, -0.2) is 15.0 Å². The van der Waals surface area contributed by atoms with Gasteiger partial charge in [-0.2, -0.15) is 10.2 Å². The monoisotopic (exact) mass is 302 g/mol. The van der Waals surface area contributed by atoms with E-state index in [2.05, 4.69) is 31.7 Å². The standard InChI is InChI=1S/C17H14N6/c18-11-14-3-1-2-4-15(14)22-16-7-10-20-17(23-16)21-12-13-5-8-19-9-6-13/h1-10H,12H2,(H2,20,21,22,23). The number of aromatic nitrogens is 3. The van der Waals surface area contributed by atoms with Crippen LogP contribution in [0.5, 0.6) is 0 Å². The highest BCUT2D eigenvalue weighted by Crippen LogP contribution is 2.19. The van der Waals surface area contributed by atoms with Gasteiger partial charge in [0.2, 0.25) is 5.95 Å². The quantitative estimate of drug-likeness (QED) is 0.753. The van der Waals surface area contributed by atoms with E-state index in [1.807, 2.05) is 30.3 Å². The van der Waals surface area contributed by atoms with E-state index in [4.69, 9.17) is 5.26 Å². The molecule has 1 aromatic carbocycles. The lowest BCUT2D eigenvalue weighted by Gasteiger charge is -2.09.